The maximum Gasteiger partial charge on any atom is 0.410 e. The van der Waals surface area contributed by atoms with E-state index in [1.54, 1.807) is 9.80 Å². The van der Waals surface area contributed by atoms with Crippen LogP contribution < -0.4 is 5.32 Å². The number of anilines is 1. The molecule has 0 saturated carbocycles. The molecule has 0 radical (unpaired) electrons. The number of esters is 2. The summed E-state index contributed by atoms with van der Waals surface area (Å²) in [5, 5.41) is 2.72. The van der Waals surface area contributed by atoms with Gasteiger partial charge >= 0.3 is 24.1 Å². The summed E-state index contributed by atoms with van der Waals surface area (Å²) in [6.45, 7) is 3.35. The highest BCUT2D eigenvalue weighted by Crippen LogP contribution is 2.23. The fourth-order valence-electron chi connectivity index (χ4n) is 3.68. The summed E-state index contributed by atoms with van der Waals surface area (Å²) in [6, 6.07) is 3.90. The summed E-state index contributed by atoms with van der Waals surface area (Å²) < 4.78 is 14.6. The van der Waals surface area contributed by atoms with E-state index >= 15 is 0 Å². The highest BCUT2D eigenvalue weighted by atomic mass is 16.6. The van der Waals surface area contributed by atoms with Crippen molar-refractivity contribution in [3.8, 4) is 0 Å². The van der Waals surface area contributed by atoms with Crippen LogP contribution >= 0.6 is 0 Å². The van der Waals surface area contributed by atoms with Crippen LogP contribution in [0.25, 0.3) is 0 Å². The van der Waals surface area contributed by atoms with E-state index in [1.807, 2.05) is 6.92 Å². The van der Waals surface area contributed by atoms with Crippen LogP contribution in [0.3, 0.4) is 0 Å². The third-order valence-electron chi connectivity index (χ3n) is 5.21. The molecular formula is C20H25N3O7. The van der Waals surface area contributed by atoms with E-state index in [2.05, 4.69) is 5.32 Å². The van der Waals surface area contributed by atoms with Gasteiger partial charge in [0.25, 0.3) is 0 Å². The van der Waals surface area contributed by atoms with Crippen molar-refractivity contribution in [1.82, 2.24) is 9.80 Å². The summed E-state index contributed by atoms with van der Waals surface area (Å²) in [5.41, 5.74) is 0.523. The van der Waals surface area contributed by atoms with Crippen LogP contribution in [-0.2, 0) is 14.2 Å². The fourth-order valence-corrected chi connectivity index (χ4v) is 3.68. The number of carbonyl (C=O) groups excluding carboxylic acids is 4. The Kier molecular flexibility index (Phi) is 6.43. The molecule has 0 bridgehead atoms. The summed E-state index contributed by atoms with van der Waals surface area (Å²) in [6.07, 6.45) is 0.862. The summed E-state index contributed by atoms with van der Waals surface area (Å²) in [4.78, 5) is 51.7. The van der Waals surface area contributed by atoms with Crippen LogP contribution in [0.1, 0.15) is 40.5 Å². The molecule has 162 valence electrons. The van der Waals surface area contributed by atoms with Gasteiger partial charge < -0.3 is 29.3 Å². The number of cyclic esters (lactones) is 1. The highest BCUT2D eigenvalue weighted by molar-refractivity contribution is 5.99. The minimum Gasteiger partial charge on any atom is -0.465 e. The Balaban J connectivity index is 1.65. The van der Waals surface area contributed by atoms with Gasteiger partial charge in [0.2, 0.25) is 0 Å². The Morgan fingerprint density at radius 2 is 1.60 bits per heavy atom. The van der Waals surface area contributed by atoms with Gasteiger partial charge in [-0.1, -0.05) is 0 Å². The number of piperidine rings is 1. The van der Waals surface area contributed by atoms with Crippen molar-refractivity contribution in [1.29, 1.82) is 0 Å². The molecule has 10 nitrogen and oxygen atoms in total. The molecule has 2 heterocycles. The van der Waals surface area contributed by atoms with Gasteiger partial charge in [0, 0.05) is 24.8 Å². The molecule has 1 N–H and O–H groups in total. The lowest BCUT2D eigenvalue weighted by Gasteiger charge is -2.35. The molecule has 2 saturated heterocycles. The van der Waals surface area contributed by atoms with E-state index in [4.69, 9.17) is 14.2 Å². The number of hydrogen-bond donors (Lipinski definition) is 1. The molecule has 3 amide bonds. The van der Waals surface area contributed by atoms with E-state index in [-0.39, 0.29) is 41.1 Å². The van der Waals surface area contributed by atoms with Crippen molar-refractivity contribution in [2.75, 3.05) is 39.2 Å². The first kappa shape index (κ1) is 21.4. The van der Waals surface area contributed by atoms with Crippen LogP contribution in [-0.4, -0.2) is 79.9 Å². The zero-order valence-electron chi connectivity index (χ0n) is 17.2. The minimum atomic E-state index is -0.635. The number of methoxy groups -OCH3 is 2. The normalized spacial score (nSPS) is 19.3. The molecule has 3 rings (SSSR count). The number of nitrogens with one attached hydrogen (secondary N) is 1. The lowest BCUT2D eigenvalue weighted by Crippen LogP contribution is -2.48. The van der Waals surface area contributed by atoms with Gasteiger partial charge in [-0.05, 0) is 38.0 Å². The Morgan fingerprint density at radius 3 is 2.07 bits per heavy atom. The number of carbonyl (C=O) groups is 4. The monoisotopic (exact) mass is 419 g/mol. The van der Waals surface area contributed by atoms with E-state index < -0.39 is 11.9 Å². The molecule has 10 heteroatoms. The Hall–Kier alpha value is -3.30. The molecule has 0 aromatic heterocycles. The molecular weight excluding hydrogens is 394 g/mol. The van der Waals surface area contributed by atoms with E-state index in [1.165, 1.54) is 32.4 Å². The number of likely N-dealkylation sites (tertiary alicyclic amines) is 1. The molecule has 0 aliphatic carbocycles. The van der Waals surface area contributed by atoms with E-state index in [0.717, 1.165) is 0 Å². The smallest absolute Gasteiger partial charge is 0.410 e. The molecule has 1 aromatic rings. The largest absolute Gasteiger partial charge is 0.465 e. The Labute approximate surface area is 174 Å². The average Bonchev–Trinajstić information content (AvgIpc) is 3.10. The third-order valence-corrected chi connectivity index (χ3v) is 5.21. The number of amides is 3. The second kappa shape index (κ2) is 9.02. The lowest BCUT2D eigenvalue weighted by atomic mass is 10.0. The predicted octanol–water partition coefficient (Wildman–Crippen LogP) is 2.10. The van der Waals surface area contributed by atoms with Crippen LogP contribution in [0.15, 0.2) is 18.2 Å². The topological polar surface area (TPSA) is 114 Å². The van der Waals surface area contributed by atoms with Crippen molar-refractivity contribution >= 4 is 29.8 Å². The Bertz CT molecular complexity index is 815. The van der Waals surface area contributed by atoms with Crippen molar-refractivity contribution in [3.63, 3.8) is 0 Å². The maximum atomic E-state index is 12.7. The Morgan fingerprint density at radius 1 is 1.03 bits per heavy atom. The highest BCUT2D eigenvalue weighted by Gasteiger charge is 2.36. The molecule has 2 aliphatic rings. The quantitative estimate of drug-likeness (QED) is 0.587. The third kappa shape index (κ3) is 4.64. The van der Waals surface area contributed by atoms with Gasteiger partial charge in [-0.2, -0.15) is 0 Å². The SMILES string of the molecule is COC(=O)c1cc(NC(=O)N2CCC(N3CC(C)OC3=O)CC2)cc(C(=O)OC)c1. The van der Waals surface area contributed by atoms with Crippen molar-refractivity contribution < 1.29 is 33.4 Å². The molecule has 2 fully saturated rings. The van der Waals surface area contributed by atoms with Gasteiger partial charge in [-0.25, -0.2) is 19.2 Å². The van der Waals surface area contributed by atoms with Crippen LogP contribution in [0.4, 0.5) is 15.3 Å². The van der Waals surface area contributed by atoms with Crippen LogP contribution in [0, 0.1) is 0 Å². The lowest BCUT2D eigenvalue weighted by molar-refractivity contribution is 0.0599. The zero-order chi connectivity index (χ0) is 21.8. The van der Waals surface area contributed by atoms with Crippen molar-refractivity contribution in [3.05, 3.63) is 29.3 Å². The number of urea groups is 1. The zero-order valence-corrected chi connectivity index (χ0v) is 17.2. The summed E-state index contributed by atoms with van der Waals surface area (Å²) in [5.74, 6) is -1.27. The van der Waals surface area contributed by atoms with Gasteiger partial charge in [-0.3, -0.25) is 0 Å². The number of benzene rings is 1. The maximum absolute atomic E-state index is 12.7. The summed E-state index contributed by atoms with van der Waals surface area (Å²) in [7, 11) is 2.46. The van der Waals surface area contributed by atoms with Gasteiger partial charge in [0.15, 0.2) is 0 Å². The number of nitrogens with zero attached hydrogens (tertiary/aromatic N) is 2. The van der Waals surface area contributed by atoms with E-state index in [9.17, 15) is 19.2 Å². The second-order valence-corrected chi connectivity index (χ2v) is 7.28. The molecule has 0 spiro atoms. The number of hydrogen-bond acceptors (Lipinski definition) is 7. The second-order valence-electron chi connectivity index (χ2n) is 7.28. The molecule has 1 aromatic carbocycles. The number of ether oxygens (including phenoxy) is 3. The summed E-state index contributed by atoms with van der Waals surface area (Å²) >= 11 is 0. The average molecular weight is 419 g/mol. The van der Waals surface area contributed by atoms with Crippen LogP contribution in [0.2, 0.25) is 0 Å². The molecule has 1 atom stereocenters. The predicted molar refractivity (Wildman–Crippen MR) is 105 cm³/mol. The molecule has 1 unspecified atom stereocenters. The first-order chi connectivity index (χ1) is 14.3. The first-order valence-corrected chi connectivity index (χ1v) is 9.67. The van der Waals surface area contributed by atoms with Crippen molar-refractivity contribution in [2.24, 2.45) is 0 Å². The minimum absolute atomic E-state index is 0.0417. The fraction of sp³-hybridized carbons (Fsp3) is 0.500. The van der Waals surface area contributed by atoms with Gasteiger partial charge in [0.05, 0.1) is 31.9 Å². The van der Waals surface area contributed by atoms with E-state index in [0.29, 0.717) is 32.5 Å². The first-order valence-electron chi connectivity index (χ1n) is 9.67. The number of rotatable bonds is 4. The van der Waals surface area contributed by atoms with Crippen molar-refractivity contribution in [2.45, 2.75) is 31.9 Å². The molecule has 2 aliphatic heterocycles. The van der Waals surface area contributed by atoms with Gasteiger partial charge in [0.1, 0.15) is 6.10 Å². The van der Waals surface area contributed by atoms with Crippen LogP contribution in [0.5, 0.6) is 0 Å². The molecule has 30 heavy (non-hydrogen) atoms. The van der Waals surface area contributed by atoms with Gasteiger partial charge in [-0.15, -0.1) is 0 Å². The standard InChI is InChI=1S/C20H25N3O7/c1-12-11-23(20(27)30-12)16-4-6-22(7-5-16)19(26)21-15-9-13(17(24)28-2)8-14(10-15)18(25)29-3/h8-10,12,16H,4-7,11H2,1-3H3,(H,21,26).